The van der Waals surface area contributed by atoms with Crippen molar-refractivity contribution in [3.8, 4) is 0 Å². The molecule has 32 heavy (non-hydrogen) atoms. The third-order valence-electron chi connectivity index (χ3n) is 5.84. The van der Waals surface area contributed by atoms with Gasteiger partial charge in [0.2, 0.25) is 5.91 Å². The number of hydrogen-bond donors (Lipinski definition) is 3. The maximum atomic E-state index is 13.0. The SMILES string of the molecule is COC(NC(C)c1cncc2ccccc12)N1C(=O)[C@H](Cc2ccnc(N)c2)[C@H]1C(=O)O. The molecule has 1 amide bonds. The molecule has 9 nitrogen and oxygen atoms in total. The quantitative estimate of drug-likeness (QED) is 0.361. The second-order valence-corrected chi connectivity index (χ2v) is 7.85. The van der Waals surface area contributed by atoms with Crippen LogP contribution >= 0.6 is 0 Å². The number of anilines is 1. The third kappa shape index (κ3) is 4.00. The van der Waals surface area contributed by atoms with Crippen LogP contribution in [0.2, 0.25) is 0 Å². The summed E-state index contributed by atoms with van der Waals surface area (Å²) in [5, 5.41) is 15.1. The number of pyridine rings is 2. The maximum Gasteiger partial charge on any atom is 0.327 e. The molecule has 4 rings (SSSR count). The fourth-order valence-electron chi connectivity index (χ4n) is 4.25. The molecule has 0 saturated carbocycles. The van der Waals surface area contributed by atoms with Crippen LogP contribution in [0.1, 0.15) is 24.1 Å². The lowest BCUT2D eigenvalue weighted by Crippen LogP contribution is -2.71. The number of nitrogens with one attached hydrogen (secondary N) is 1. The Hall–Kier alpha value is -3.56. The lowest BCUT2D eigenvalue weighted by atomic mass is 9.82. The molecular formula is C23H25N5O4. The van der Waals surface area contributed by atoms with Gasteiger partial charge in [-0.05, 0) is 42.0 Å². The van der Waals surface area contributed by atoms with Gasteiger partial charge in [0, 0.05) is 37.1 Å². The smallest absolute Gasteiger partial charge is 0.327 e. The molecule has 1 fully saturated rings. The van der Waals surface area contributed by atoms with Gasteiger partial charge in [-0.25, -0.2) is 9.78 Å². The maximum absolute atomic E-state index is 13.0. The Morgan fingerprint density at radius 2 is 2.09 bits per heavy atom. The molecule has 0 radical (unpaired) electrons. The average molecular weight is 435 g/mol. The molecule has 4 atom stereocenters. The van der Waals surface area contributed by atoms with Crippen molar-refractivity contribution in [2.45, 2.75) is 31.8 Å². The van der Waals surface area contributed by atoms with Crippen LogP contribution in [0, 0.1) is 5.92 Å². The highest BCUT2D eigenvalue weighted by Crippen LogP contribution is 2.33. The topological polar surface area (TPSA) is 131 Å². The van der Waals surface area contributed by atoms with E-state index in [-0.39, 0.29) is 18.4 Å². The number of methoxy groups -OCH3 is 1. The minimum atomic E-state index is -1.08. The highest BCUT2D eigenvalue weighted by atomic mass is 16.5. The highest BCUT2D eigenvalue weighted by molar-refractivity contribution is 5.97. The summed E-state index contributed by atoms with van der Waals surface area (Å²) in [7, 11) is 1.44. The number of carbonyl (C=O) groups is 2. The van der Waals surface area contributed by atoms with Crippen molar-refractivity contribution in [2.24, 2.45) is 5.92 Å². The molecule has 0 aliphatic carbocycles. The lowest BCUT2D eigenvalue weighted by molar-refractivity contribution is -0.194. The number of β-lactam (4-membered cyclic amide) rings is 1. The molecule has 2 unspecified atom stereocenters. The van der Waals surface area contributed by atoms with Crippen LogP contribution in [-0.2, 0) is 20.7 Å². The molecule has 2 aromatic heterocycles. The van der Waals surface area contributed by atoms with Gasteiger partial charge in [0.1, 0.15) is 11.9 Å². The van der Waals surface area contributed by atoms with Crippen molar-refractivity contribution in [1.82, 2.24) is 20.2 Å². The van der Waals surface area contributed by atoms with E-state index in [0.29, 0.717) is 5.82 Å². The van der Waals surface area contributed by atoms with Crippen LogP contribution in [0.4, 0.5) is 5.82 Å². The number of carbonyl (C=O) groups excluding carboxylic acids is 1. The van der Waals surface area contributed by atoms with Crippen LogP contribution in [0.5, 0.6) is 0 Å². The van der Waals surface area contributed by atoms with Crippen LogP contribution in [0.25, 0.3) is 10.8 Å². The number of aromatic nitrogens is 2. The summed E-state index contributed by atoms with van der Waals surface area (Å²) in [4.78, 5) is 34.5. The van der Waals surface area contributed by atoms with E-state index in [1.165, 1.54) is 12.0 Å². The molecule has 1 aliphatic heterocycles. The average Bonchev–Trinajstić information content (AvgIpc) is 2.79. The van der Waals surface area contributed by atoms with E-state index in [1.54, 1.807) is 30.7 Å². The minimum absolute atomic E-state index is 0.250. The van der Waals surface area contributed by atoms with Crippen LogP contribution < -0.4 is 11.1 Å². The first-order valence-corrected chi connectivity index (χ1v) is 10.3. The van der Waals surface area contributed by atoms with E-state index in [2.05, 4.69) is 15.3 Å². The number of amides is 1. The molecule has 3 heterocycles. The van der Waals surface area contributed by atoms with Gasteiger partial charge in [0.15, 0.2) is 6.35 Å². The first-order chi connectivity index (χ1) is 15.4. The first-order valence-electron chi connectivity index (χ1n) is 10.3. The molecule has 166 valence electrons. The third-order valence-corrected chi connectivity index (χ3v) is 5.84. The standard InChI is InChI=1S/C23H25N5O4/c1-13(18-12-25-11-15-5-3-4-6-16(15)18)27-23(32-2)28-20(22(30)31)17(21(28)29)9-14-7-8-26-19(24)10-14/h3-8,10-13,17,20,23,27H,9H2,1-2H3,(H2,24,26)(H,30,31)/t13?,17-,20+,23?/m1/s1. The second kappa shape index (κ2) is 8.89. The summed E-state index contributed by atoms with van der Waals surface area (Å²) in [6.45, 7) is 1.92. The van der Waals surface area contributed by atoms with Crippen LogP contribution in [-0.4, -0.2) is 51.4 Å². The van der Waals surface area contributed by atoms with E-state index in [0.717, 1.165) is 21.9 Å². The van der Waals surface area contributed by atoms with Crippen molar-refractivity contribution in [2.75, 3.05) is 12.8 Å². The predicted molar refractivity (Wildman–Crippen MR) is 118 cm³/mol. The van der Waals surface area contributed by atoms with Crippen molar-refractivity contribution in [3.63, 3.8) is 0 Å². The van der Waals surface area contributed by atoms with Gasteiger partial charge in [-0.2, -0.15) is 0 Å². The van der Waals surface area contributed by atoms with E-state index < -0.39 is 24.3 Å². The first kappa shape index (κ1) is 21.7. The second-order valence-electron chi connectivity index (χ2n) is 7.85. The number of aliphatic carboxylic acids is 1. The summed E-state index contributed by atoms with van der Waals surface area (Å²) < 4.78 is 5.51. The number of carboxylic acid groups (broad SMARTS) is 1. The normalized spacial score (nSPS) is 20.1. The Morgan fingerprint density at radius 3 is 2.81 bits per heavy atom. The number of benzene rings is 1. The number of nitrogen functional groups attached to an aromatic ring is 1. The molecule has 3 aromatic rings. The van der Waals surface area contributed by atoms with Gasteiger partial charge in [-0.3, -0.25) is 20.0 Å². The largest absolute Gasteiger partial charge is 0.480 e. The van der Waals surface area contributed by atoms with E-state index in [9.17, 15) is 14.7 Å². The zero-order chi connectivity index (χ0) is 22.8. The summed E-state index contributed by atoms with van der Waals surface area (Å²) >= 11 is 0. The monoisotopic (exact) mass is 435 g/mol. The summed E-state index contributed by atoms with van der Waals surface area (Å²) in [6, 6.07) is 9.97. The van der Waals surface area contributed by atoms with Crippen molar-refractivity contribution < 1.29 is 19.4 Å². The molecule has 4 N–H and O–H groups in total. The number of carboxylic acids is 1. The molecule has 0 bridgehead atoms. The van der Waals surface area contributed by atoms with Crippen molar-refractivity contribution in [1.29, 1.82) is 0 Å². The van der Waals surface area contributed by atoms with Crippen molar-refractivity contribution >= 4 is 28.5 Å². The molecule has 1 aromatic carbocycles. The van der Waals surface area contributed by atoms with Gasteiger partial charge < -0.3 is 15.6 Å². The van der Waals surface area contributed by atoms with E-state index in [1.807, 2.05) is 31.2 Å². The summed E-state index contributed by atoms with van der Waals surface area (Å²) in [6.07, 6.45) is 4.45. The number of rotatable bonds is 8. The number of nitrogens with two attached hydrogens (primary N) is 1. The minimum Gasteiger partial charge on any atom is -0.480 e. The van der Waals surface area contributed by atoms with Gasteiger partial charge in [-0.1, -0.05) is 24.3 Å². The van der Waals surface area contributed by atoms with E-state index >= 15 is 0 Å². The number of nitrogens with zero attached hydrogens (tertiary/aromatic N) is 3. The van der Waals surface area contributed by atoms with Crippen LogP contribution in [0.15, 0.2) is 55.0 Å². The molecule has 1 aliphatic rings. The fraction of sp³-hybridized carbons (Fsp3) is 0.304. The Balaban J connectivity index is 1.54. The van der Waals surface area contributed by atoms with Gasteiger partial charge in [0.25, 0.3) is 0 Å². The fourth-order valence-corrected chi connectivity index (χ4v) is 4.25. The van der Waals surface area contributed by atoms with Crippen molar-refractivity contribution in [3.05, 3.63) is 66.1 Å². The molecule has 1 saturated heterocycles. The molecule has 0 spiro atoms. The number of likely N-dealkylation sites (tertiary alicyclic amines) is 1. The van der Waals surface area contributed by atoms with Gasteiger partial charge in [0.05, 0.1) is 5.92 Å². The summed E-state index contributed by atoms with van der Waals surface area (Å²) in [5.74, 6) is -1.76. The van der Waals surface area contributed by atoms with Crippen LogP contribution in [0.3, 0.4) is 0 Å². The Morgan fingerprint density at radius 1 is 1.31 bits per heavy atom. The molecular weight excluding hydrogens is 410 g/mol. The number of fused-ring (bicyclic) bond motifs is 1. The summed E-state index contributed by atoms with van der Waals surface area (Å²) in [5.41, 5.74) is 7.40. The Labute approximate surface area is 185 Å². The highest BCUT2D eigenvalue weighted by Gasteiger charge is 2.54. The Kier molecular flexibility index (Phi) is 6.02. The zero-order valence-electron chi connectivity index (χ0n) is 17.8. The number of hydrogen-bond acceptors (Lipinski definition) is 7. The van der Waals surface area contributed by atoms with Gasteiger partial charge >= 0.3 is 5.97 Å². The van der Waals surface area contributed by atoms with Gasteiger partial charge in [-0.15, -0.1) is 0 Å². The molecule has 9 heteroatoms. The van der Waals surface area contributed by atoms with E-state index in [4.69, 9.17) is 10.5 Å². The predicted octanol–water partition coefficient (Wildman–Crippen LogP) is 1.95. The number of ether oxygens (including phenoxy) is 1. The Bertz CT molecular complexity index is 1150. The zero-order valence-corrected chi connectivity index (χ0v) is 17.8. The lowest BCUT2D eigenvalue weighted by Gasteiger charge is -2.48.